The van der Waals surface area contributed by atoms with Gasteiger partial charge in [-0.15, -0.1) is 0 Å². The Hall–Kier alpha value is -2.71. The Morgan fingerprint density at radius 2 is 1.88 bits per heavy atom. The van der Waals surface area contributed by atoms with Crippen molar-refractivity contribution in [1.82, 2.24) is 29.1 Å². The Balaban J connectivity index is 1.25. The SMILES string of the molecule is Nc1ccn([C@H]2C[C@H](OP(=O)(O)OC[C@H]3O[C@@H](n4cnc5c(N)ncnc54)[C@H](O)[C@@H]3O)[C@@H](COP(O)O)O2)c(=O)n1. The average Bonchev–Trinajstić information content (AvgIpc) is 3.58. The molecule has 2 fully saturated rings. The third-order valence-electron chi connectivity index (χ3n) is 6.37. The normalized spacial score (nSPS) is 29.9. The maximum atomic E-state index is 12.9. The zero-order valence-electron chi connectivity index (χ0n) is 20.8. The molecule has 5 heterocycles. The second-order valence-corrected chi connectivity index (χ2v) is 11.2. The van der Waals surface area contributed by atoms with E-state index in [0.717, 1.165) is 4.57 Å². The summed E-state index contributed by atoms with van der Waals surface area (Å²) in [5.41, 5.74) is 11.0. The number of phosphoric ester groups is 1. The fourth-order valence-electron chi connectivity index (χ4n) is 4.44. The number of nitrogen functional groups attached to an aromatic ring is 2. The van der Waals surface area contributed by atoms with Crippen LogP contribution in [0.3, 0.4) is 0 Å². The monoisotopic (exact) mass is 620 g/mol. The molecule has 0 saturated carbocycles. The number of imidazole rings is 1. The second-order valence-electron chi connectivity index (χ2n) is 8.99. The summed E-state index contributed by atoms with van der Waals surface area (Å²) < 4.78 is 41.7. The van der Waals surface area contributed by atoms with E-state index in [4.69, 9.17) is 44.3 Å². The molecule has 3 aromatic rings. The first-order chi connectivity index (χ1) is 19.4. The highest BCUT2D eigenvalue weighted by molar-refractivity contribution is 7.47. The minimum atomic E-state index is -4.90. The Bertz CT molecular complexity index is 1490. The summed E-state index contributed by atoms with van der Waals surface area (Å²) in [4.78, 5) is 56.5. The van der Waals surface area contributed by atoms with Gasteiger partial charge in [0, 0.05) is 12.6 Å². The van der Waals surface area contributed by atoms with Crippen LogP contribution in [0.15, 0.2) is 29.7 Å². The third kappa shape index (κ3) is 6.38. The van der Waals surface area contributed by atoms with Gasteiger partial charge >= 0.3 is 22.1 Å². The highest BCUT2D eigenvalue weighted by Gasteiger charge is 2.47. The molecular formula is C19H26N8O12P2. The van der Waals surface area contributed by atoms with Gasteiger partial charge in [-0.05, 0) is 6.07 Å². The van der Waals surface area contributed by atoms with Crippen molar-refractivity contribution in [2.24, 2.45) is 0 Å². The number of nitrogens with two attached hydrogens (primary N) is 2. The molecule has 2 aliphatic rings. The van der Waals surface area contributed by atoms with E-state index in [1.54, 1.807) is 0 Å². The predicted molar refractivity (Wildman–Crippen MR) is 135 cm³/mol. The lowest BCUT2D eigenvalue weighted by atomic mass is 10.1. The highest BCUT2D eigenvalue weighted by Crippen LogP contribution is 2.49. The summed E-state index contributed by atoms with van der Waals surface area (Å²) >= 11 is 0. The molecule has 2 aliphatic heterocycles. The van der Waals surface area contributed by atoms with Crippen molar-refractivity contribution in [3.63, 3.8) is 0 Å². The molecule has 8 atom stereocenters. The molecule has 0 aromatic carbocycles. The Kier molecular flexibility index (Phi) is 8.63. The molecule has 22 heteroatoms. The third-order valence-corrected chi connectivity index (χ3v) is 7.76. The summed E-state index contributed by atoms with van der Waals surface area (Å²) in [6.45, 7) is -1.16. The molecular weight excluding hydrogens is 594 g/mol. The molecule has 0 aliphatic carbocycles. The van der Waals surface area contributed by atoms with Gasteiger partial charge in [0.25, 0.3) is 0 Å². The Morgan fingerprint density at radius 1 is 1.10 bits per heavy atom. The zero-order valence-corrected chi connectivity index (χ0v) is 22.6. The van der Waals surface area contributed by atoms with Crippen molar-refractivity contribution in [1.29, 1.82) is 0 Å². The lowest BCUT2D eigenvalue weighted by Crippen LogP contribution is -2.34. The number of fused-ring (bicyclic) bond motifs is 1. The van der Waals surface area contributed by atoms with Crippen molar-refractivity contribution in [3.05, 3.63) is 35.4 Å². The summed E-state index contributed by atoms with van der Waals surface area (Å²) in [6.07, 6.45) is -5.31. The first-order valence-electron chi connectivity index (χ1n) is 11.8. The highest BCUT2D eigenvalue weighted by atomic mass is 31.2. The van der Waals surface area contributed by atoms with Crippen LogP contribution in [0.1, 0.15) is 18.9 Å². The van der Waals surface area contributed by atoms with Crippen LogP contribution in [-0.4, -0.2) is 97.7 Å². The van der Waals surface area contributed by atoms with Gasteiger partial charge < -0.3 is 50.4 Å². The number of nitrogens with zero attached hydrogens (tertiary/aromatic N) is 6. The fourth-order valence-corrected chi connectivity index (χ4v) is 5.68. The van der Waals surface area contributed by atoms with Crippen molar-refractivity contribution >= 4 is 39.2 Å². The average molecular weight is 620 g/mol. The van der Waals surface area contributed by atoms with Gasteiger partial charge in [-0.1, -0.05) is 0 Å². The zero-order chi connectivity index (χ0) is 29.5. The van der Waals surface area contributed by atoms with Crippen LogP contribution in [0, 0.1) is 0 Å². The first kappa shape index (κ1) is 29.8. The van der Waals surface area contributed by atoms with Crippen molar-refractivity contribution in [2.45, 2.75) is 49.4 Å². The van der Waals surface area contributed by atoms with E-state index in [-0.39, 0.29) is 29.2 Å². The van der Waals surface area contributed by atoms with E-state index >= 15 is 0 Å². The molecule has 0 bridgehead atoms. The number of aromatic nitrogens is 6. The predicted octanol–water partition coefficient (Wildman–Crippen LogP) is -2.12. The number of phosphoric acid groups is 1. The number of aliphatic hydroxyl groups is 2. The van der Waals surface area contributed by atoms with Crippen molar-refractivity contribution in [2.75, 3.05) is 24.7 Å². The molecule has 0 amide bonds. The van der Waals surface area contributed by atoms with Crippen LogP contribution in [-0.2, 0) is 27.6 Å². The summed E-state index contributed by atoms with van der Waals surface area (Å²) in [5, 5.41) is 21.1. The molecule has 1 unspecified atom stereocenters. The molecule has 2 saturated heterocycles. The Labute approximate surface area is 230 Å². The summed E-state index contributed by atoms with van der Waals surface area (Å²) in [5.74, 6) is 0.0627. The Morgan fingerprint density at radius 3 is 2.61 bits per heavy atom. The fraction of sp³-hybridized carbons (Fsp3) is 0.526. The summed E-state index contributed by atoms with van der Waals surface area (Å²) in [7, 11) is -7.68. The van der Waals surface area contributed by atoms with Crippen molar-refractivity contribution in [3.8, 4) is 0 Å². The smallest absolute Gasteiger partial charge is 0.387 e. The van der Waals surface area contributed by atoms with Gasteiger partial charge in [0.15, 0.2) is 17.7 Å². The minimum absolute atomic E-state index is 0.0290. The summed E-state index contributed by atoms with van der Waals surface area (Å²) in [6, 6.07) is 1.34. The molecule has 41 heavy (non-hydrogen) atoms. The van der Waals surface area contributed by atoms with Crippen molar-refractivity contribution < 1.29 is 52.5 Å². The lowest BCUT2D eigenvalue weighted by molar-refractivity contribution is -0.0581. The van der Waals surface area contributed by atoms with Gasteiger partial charge in [-0.3, -0.25) is 18.2 Å². The maximum Gasteiger partial charge on any atom is 0.472 e. The first-order valence-corrected chi connectivity index (χ1v) is 14.5. The van der Waals surface area contributed by atoms with E-state index < -0.39 is 78.3 Å². The molecule has 3 aromatic heterocycles. The minimum Gasteiger partial charge on any atom is -0.387 e. The number of ether oxygens (including phenoxy) is 2. The van der Waals surface area contributed by atoms with E-state index in [1.807, 2.05) is 0 Å². The van der Waals surface area contributed by atoms with Gasteiger partial charge in [0.05, 0.1) is 19.5 Å². The van der Waals surface area contributed by atoms with Crippen LogP contribution >= 0.6 is 16.4 Å². The number of rotatable bonds is 10. The van der Waals surface area contributed by atoms with Crippen LogP contribution < -0.4 is 17.2 Å². The molecule has 20 nitrogen and oxygen atoms in total. The van der Waals surface area contributed by atoms with E-state index in [1.165, 1.54) is 29.5 Å². The van der Waals surface area contributed by atoms with Gasteiger partial charge in [-0.25, -0.2) is 24.3 Å². The molecule has 0 spiro atoms. The number of hydrogen-bond acceptors (Lipinski definition) is 17. The van der Waals surface area contributed by atoms with E-state index in [9.17, 15) is 24.5 Å². The maximum absolute atomic E-state index is 12.9. The molecule has 9 N–H and O–H groups in total. The second kappa shape index (κ2) is 11.9. The number of hydrogen-bond donors (Lipinski definition) is 7. The van der Waals surface area contributed by atoms with Crippen LogP contribution in [0.4, 0.5) is 11.6 Å². The topological polar surface area (TPSA) is 295 Å². The quantitative estimate of drug-likeness (QED) is 0.119. The number of anilines is 2. The van der Waals surface area contributed by atoms with E-state index in [2.05, 4.69) is 19.9 Å². The van der Waals surface area contributed by atoms with Gasteiger partial charge in [0.1, 0.15) is 54.4 Å². The van der Waals surface area contributed by atoms with E-state index in [0.29, 0.717) is 0 Å². The van der Waals surface area contributed by atoms with Crippen LogP contribution in [0.5, 0.6) is 0 Å². The molecule has 0 radical (unpaired) electrons. The lowest BCUT2D eigenvalue weighted by Gasteiger charge is -2.22. The number of aliphatic hydroxyl groups excluding tert-OH is 2. The van der Waals surface area contributed by atoms with Crippen LogP contribution in [0.25, 0.3) is 11.2 Å². The largest absolute Gasteiger partial charge is 0.472 e. The van der Waals surface area contributed by atoms with Gasteiger partial charge in [0.2, 0.25) is 0 Å². The molecule has 224 valence electrons. The molecule has 5 rings (SSSR count). The standard InChI is InChI=1S/C19H26N8O12P2/c20-11-1-2-26(19(30)25-11)12-3-8(9(37-12)4-35-40(31)32)39-41(33,34)36-5-10-14(28)15(29)18(38-10)27-7-24-13-16(21)22-6-23-17(13)27/h1-2,6-10,12,14-15,18,28-29,31-32H,3-5H2,(H,33,34)(H2,20,25,30)(H2,21,22,23)/t8-,9+,10+,12+,14+,15+,18+/m0/s1. The van der Waals surface area contributed by atoms with Gasteiger partial charge in [-0.2, -0.15) is 4.98 Å². The van der Waals surface area contributed by atoms with Crippen LogP contribution in [0.2, 0.25) is 0 Å².